The first kappa shape index (κ1) is 15.1. The fraction of sp³-hybridized carbons (Fsp3) is 0.667. The summed E-state index contributed by atoms with van der Waals surface area (Å²) in [5.41, 5.74) is 0.433. The molecular formula is C15H24N2O3. The highest BCUT2D eigenvalue weighted by atomic mass is 16.4. The number of hydrogen-bond donors (Lipinski definition) is 2. The number of rotatable bonds is 6. The molecule has 20 heavy (non-hydrogen) atoms. The summed E-state index contributed by atoms with van der Waals surface area (Å²) in [4.78, 5) is 13.1. The number of likely N-dealkylation sites (N-methyl/N-ethyl adjacent to an activating group) is 1. The van der Waals surface area contributed by atoms with Gasteiger partial charge >= 0.3 is 5.97 Å². The maximum atomic E-state index is 10.8. The molecule has 0 radical (unpaired) electrons. The molecule has 1 aliphatic carbocycles. The van der Waals surface area contributed by atoms with Crippen LogP contribution in [0.1, 0.15) is 48.2 Å². The second-order valence-electron chi connectivity index (χ2n) is 5.89. The van der Waals surface area contributed by atoms with Crippen LogP contribution in [0, 0.1) is 0 Å². The monoisotopic (exact) mass is 280 g/mol. The van der Waals surface area contributed by atoms with E-state index in [0.717, 1.165) is 6.54 Å². The summed E-state index contributed by atoms with van der Waals surface area (Å²) in [5, 5.41) is 12.3. The van der Waals surface area contributed by atoms with E-state index in [1.165, 1.54) is 38.4 Å². The Morgan fingerprint density at radius 3 is 2.65 bits per heavy atom. The van der Waals surface area contributed by atoms with Crippen LogP contribution in [-0.4, -0.2) is 42.2 Å². The Morgan fingerprint density at radius 2 is 2.10 bits per heavy atom. The van der Waals surface area contributed by atoms with Crippen molar-refractivity contribution in [2.45, 2.75) is 44.2 Å². The van der Waals surface area contributed by atoms with Gasteiger partial charge in [-0.15, -0.1) is 0 Å². The van der Waals surface area contributed by atoms with Crippen LogP contribution in [0.3, 0.4) is 0 Å². The van der Waals surface area contributed by atoms with Gasteiger partial charge in [-0.05, 0) is 33.0 Å². The number of hydrogen-bond acceptors (Lipinski definition) is 4. The summed E-state index contributed by atoms with van der Waals surface area (Å²) in [7, 11) is 4.28. The smallest absolute Gasteiger partial charge is 0.338 e. The van der Waals surface area contributed by atoms with Gasteiger partial charge in [0.15, 0.2) is 0 Å². The van der Waals surface area contributed by atoms with Gasteiger partial charge < -0.3 is 19.7 Å². The van der Waals surface area contributed by atoms with Gasteiger partial charge in [-0.1, -0.05) is 19.3 Å². The molecule has 1 saturated carbocycles. The van der Waals surface area contributed by atoms with E-state index in [1.54, 1.807) is 6.07 Å². The summed E-state index contributed by atoms with van der Waals surface area (Å²) in [6.45, 7) is 1.48. The van der Waals surface area contributed by atoms with Gasteiger partial charge in [-0.3, -0.25) is 0 Å². The van der Waals surface area contributed by atoms with E-state index in [4.69, 9.17) is 9.52 Å². The summed E-state index contributed by atoms with van der Waals surface area (Å²) < 4.78 is 5.25. The van der Waals surface area contributed by atoms with Crippen molar-refractivity contribution in [3.63, 3.8) is 0 Å². The molecular weight excluding hydrogens is 256 g/mol. The predicted octanol–water partition coefficient (Wildman–Crippen LogP) is 2.33. The molecule has 0 aliphatic heterocycles. The third kappa shape index (κ3) is 3.41. The molecule has 0 spiro atoms. The summed E-state index contributed by atoms with van der Waals surface area (Å²) in [6.07, 6.45) is 7.61. The highest BCUT2D eigenvalue weighted by Crippen LogP contribution is 2.31. The molecule has 0 aromatic carbocycles. The number of nitrogens with one attached hydrogen (secondary N) is 1. The van der Waals surface area contributed by atoms with Crippen molar-refractivity contribution >= 4 is 5.97 Å². The van der Waals surface area contributed by atoms with Crippen LogP contribution in [0.2, 0.25) is 0 Å². The highest BCUT2D eigenvalue weighted by Gasteiger charge is 2.33. The molecule has 0 unspecified atom stereocenters. The molecule has 5 heteroatoms. The van der Waals surface area contributed by atoms with Gasteiger partial charge in [0.05, 0.1) is 12.1 Å². The Morgan fingerprint density at radius 1 is 1.40 bits per heavy atom. The maximum Gasteiger partial charge on any atom is 0.338 e. The van der Waals surface area contributed by atoms with E-state index in [9.17, 15) is 4.79 Å². The second-order valence-corrected chi connectivity index (χ2v) is 5.89. The molecule has 1 aliphatic rings. The minimum absolute atomic E-state index is 0.210. The fourth-order valence-electron chi connectivity index (χ4n) is 3.00. The molecule has 1 aromatic heterocycles. The van der Waals surface area contributed by atoms with E-state index in [-0.39, 0.29) is 11.1 Å². The molecule has 0 bridgehead atoms. The van der Waals surface area contributed by atoms with Crippen LogP contribution in [0.15, 0.2) is 16.7 Å². The van der Waals surface area contributed by atoms with Crippen LogP contribution in [0.5, 0.6) is 0 Å². The average Bonchev–Trinajstić information content (AvgIpc) is 2.89. The molecule has 2 N–H and O–H groups in total. The number of nitrogens with zero attached hydrogens (tertiary/aromatic N) is 1. The zero-order valence-corrected chi connectivity index (χ0v) is 12.3. The Hall–Kier alpha value is -1.33. The van der Waals surface area contributed by atoms with E-state index in [2.05, 4.69) is 24.3 Å². The van der Waals surface area contributed by atoms with E-state index in [1.807, 2.05) is 0 Å². The van der Waals surface area contributed by atoms with Crippen LogP contribution in [0.25, 0.3) is 0 Å². The second kappa shape index (κ2) is 6.41. The maximum absolute atomic E-state index is 10.8. The minimum atomic E-state index is -0.947. The summed E-state index contributed by atoms with van der Waals surface area (Å²) in [5.74, 6) is -0.274. The lowest BCUT2D eigenvalue weighted by atomic mass is 9.80. The van der Waals surface area contributed by atoms with Crippen molar-refractivity contribution in [2.75, 3.05) is 20.6 Å². The first-order valence-electron chi connectivity index (χ1n) is 7.22. The largest absolute Gasteiger partial charge is 0.478 e. The van der Waals surface area contributed by atoms with Gasteiger partial charge in [0, 0.05) is 12.1 Å². The van der Waals surface area contributed by atoms with Gasteiger partial charge in [0.25, 0.3) is 0 Å². The van der Waals surface area contributed by atoms with Crippen LogP contribution >= 0.6 is 0 Å². The SMILES string of the molecule is CN(C)C1(CNCc2cc(C(=O)O)co2)CCCCC1. The van der Waals surface area contributed by atoms with Gasteiger partial charge in [0.1, 0.15) is 12.0 Å². The first-order valence-corrected chi connectivity index (χ1v) is 7.22. The quantitative estimate of drug-likeness (QED) is 0.837. The van der Waals surface area contributed by atoms with Crippen LogP contribution in [0.4, 0.5) is 0 Å². The Labute approximate surface area is 119 Å². The third-order valence-electron chi connectivity index (χ3n) is 4.39. The fourth-order valence-corrected chi connectivity index (χ4v) is 3.00. The van der Waals surface area contributed by atoms with Crippen LogP contribution < -0.4 is 5.32 Å². The van der Waals surface area contributed by atoms with E-state index in [0.29, 0.717) is 12.3 Å². The number of aromatic carboxylic acids is 1. The molecule has 112 valence electrons. The lowest BCUT2D eigenvalue weighted by Gasteiger charge is -2.43. The van der Waals surface area contributed by atoms with Crippen LogP contribution in [-0.2, 0) is 6.54 Å². The lowest BCUT2D eigenvalue weighted by Crippen LogP contribution is -2.52. The number of carboxylic acids is 1. The number of carboxylic acid groups (broad SMARTS) is 1. The standard InChI is InChI=1S/C15H24N2O3/c1-17(2)15(6-4-3-5-7-15)11-16-9-13-8-12(10-20-13)14(18)19/h8,10,16H,3-7,9,11H2,1-2H3,(H,18,19). The van der Waals surface area contributed by atoms with Gasteiger partial charge in [-0.2, -0.15) is 0 Å². The van der Waals surface area contributed by atoms with Crippen molar-refractivity contribution in [1.29, 1.82) is 0 Å². The Kier molecular flexibility index (Phi) is 4.83. The molecule has 0 amide bonds. The van der Waals surface area contributed by atoms with E-state index >= 15 is 0 Å². The van der Waals surface area contributed by atoms with Crippen molar-refractivity contribution in [2.24, 2.45) is 0 Å². The molecule has 5 nitrogen and oxygen atoms in total. The van der Waals surface area contributed by atoms with Crippen molar-refractivity contribution in [3.8, 4) is 0 Å². The average molecular weight is 280 g/mol. The van der Waals surface area contributed by atoms with Crippen molar-refractivity contribution in [3.05, 3.63) is 23.7 Å². The minimum Gasteiger partial charge on any atom is -0.478 e. The zero-order chi connectivity index (χ0) is 14.6. The topological polar surface area (TPSA) is 65.7 Å². The highest BCUT2D eigenvalue weighted by molar-refractivity contribution is 5.87. The third-order valence-corrected chi connectivity index (χ3v) is 4.39. The number of furan rings is 1. The molecule has 1 heterocycles. The molecule has 0 saturated heterocycles. The van der Waals surface area contributed by atoms with Crippen molar-refractivity contribution < 1.29 is 14.3 Å². The van der Waals surface area contributed by atoms with Crippen molar-refractivity contribution in [1.82, 2.24) is 10.2 Å². The Balaban J connectivity index is 1.88. The molecule has 2 rings (SSSR count). The normalized spacial score (nSPS) is 18.4. The van der Waals surface area contributed by atoms with Gasteiger partial charge in [-0.25, -0.2) is 4.79 Å². The summed E-state index contributed by atoms with van der Waals surface area (Å²) >= 11 is 0. The molecule has 1 aromatic rings. The predicted molar refractivity (Wildman–Crippen MR) is 76.9 cm³/mol. The first-order chi connectivity index (χ1) is 9.53. The van der Waals surface area contributed by atoms with Gasteiger partial charge in [0.2, 0.25) is 0 Å². The molecule has 0 atom stereocenters. The lowest BCUT2D eigenvalue weighted by molar-refractivity contribution is 0.0696. The zero-order valence-electron chi connectivity index (χ0n) is 12.3. The number of carbonyl (C=O) groups is 1. The Bertz CT molecular complexity index is 448. The molecule has 1 fully saturated rings. The van der Waals surface area contributed by atoms with E-state index < -0.39 is 5.97 Å². The summed E-state index contributed by atoms with van der Waals surface area (Å²) in [6, 6.07) is 1.58.